The van der Waals surface area contributed by atoms with E-state index in [1.807, 2.05) is 40.2 Å². The van der Waals surface area contributed by atoms with Gasteiger partial charge in [-0.15, -0.1) is 0 Å². The van der Waals surface area contributed by atoms with Crippen LogP contribution in [0.2, 0.25) is 0 Å². The molecule has 0 saturated carbocycles. The normalized spacial score (nSPS) is 13.7. The Morgan fingerprint density at radius 1 is 1.30 bits per heavy atom. The Morgan fingerprint density at radius 2 is 1.95 bits per heavy atom. The summed E-state index contributed by atoms with van der Waals surface area (Å²) in [5, 5.41) is 0. The van der Waals surface area contributed by atoms with E-state index in [0.29, 0.717) is 6.54 Å². The van der Waals surface area contributed by atoms with Gasteiger partial charge in [0.15, 0.2) is 0 Å². The average Bonchev–Trinajstić information content (AvgIpc) is 2.44. The lowest BCUT2D eigenvalue weighted by Crippen LogP contribution is -2.45. The lowest BCUT2D eigenvalue weighted by molar-refractivity contribution is -0.132. The highest BCUT2D eigenvalue weighted by molar-refractivity contribution is 5.81. The van der Waals surface area contributed by atoms with Gasteiger partial charge in [0.1, 0.15) is 0 Å². The first-order valence-corrected chi connectivity index (χ1v) is 7.13. The van der Waals surface area contributed by atoms with Crippen molar-refractivity contribution in [2.24, 2.45) is 11.7 Å². The van der Waals surface area contributed by atoms with Crippen molar-refractivity contribution >= 4 is 11.6 Å². The van der Waals surface area contributed by atoms with Crippen molar-refractivity contribution in [2.45, 2.75) is 32.9 Å². The molecule has 1 rings (SSSR count). The van der Waals surface area contributed by atoms with Crippen molar-refractivity contribution in [3.05, 3.63) is 29.8 Å². The quantitative estimate of drug-likeness (QED) is 0.866. The Morgan fingerprint density at radius 3 is 2.50 bits per heavy atom. The zero-order chi connectivity index (χ0) is 15.3. The number of benzene rings is 1. The molecule has 0 bridgehead atoms. The van der Waals surface area contributed by atoms with Crippen LogP contribution in [0.1, 0.15) is 25.8 Å². The number of hydrogen-bond donors (Lipinski definition) is 1. The summed E-state index contributed by atoms with van der Waals surface area (Å²) in [6.07, 6.45) is 0.914. The van der Waals surface area contributed by atoms with E-state index in [-0.39, 0.29) is 11.8 Å². The van der Waals surface area contributed by atoms with E-state index in [1.54, 1.807) is 4.90 Å². The van der Waals surface area contributed by atoms with Gasteiger partial charge in [-0.2, -0.15) is 0 Å². The van der Waals surface area contributed by atoms with Gasteiger partial charge in [0, 0.05) is 33.4 Å². The van der Waals surface area contributed by atoms with Crippen molar-refractivity contribution < 1.29 is 4.79 Å². The fraction of sp³-hybridized carbons (Fsp3) is 0.562. The number of hydrogen-bond acceptors (Lipinski definition) is 3. The van der Waals surface area contributed by atoms with Crippen LogP contribution in [0.5, 0.6) is 0 Å². The Bertz CT molecular complexity index is 445. The molecule has 0 saturated heterocycles. The van der Waals surface area contributed by atoms with Crippen molar-refractivity contribution in [3.63, 3.8) is 0 Å². The highest BCUT2D eigenvalue weighted by Gasteiger charge is 2.22. The first-order chi connectivity index (χ1) is 9.36. The van der Waals surface area contributed by atoms with E-state index in [0.717, 1.165) is 17.7 Å². The molecule has 0 fully saturated rings. The molecule has 20 heavy (non-hydrogen) atoms. The van der Waals surface area contributed by atoms with Crippen LogP contribution >= 0.6 is 0 Å². The smallest absolute Gasteiger partial charge is 0.239 e. The van der Waals surface area contributed by atoms with Crippen molar-refractivity contribution in [3.8, 4) is 0 Å². The zero-order valence-corrected chi connectivity index (χ0v) is 13.3. The fourth-order valence-electron chi connectivity index (χ4n) is 2.04. The Labute approximate surface area is 122 Å². The minimum absolute atomic E-state index is 0.00889. The van der Waals surface area contributed by atoms with E-state index in [4.69, 9.17) is 5.73 Å². The van der Waals surface area contributed by atoms with Gasteiger partial charge in [-0.3, -0.25) is 4.79 Å². The highest BCUT2D eigenvalue weighted by atomic mass is 16.2. The molecule has 2 unspecified atom stereocenters. The summed E-state index contributed by atoms with van der Waals surface area (Å²) in [6, 6.07) is 7.78. The van der Waals surface area contributed by atoms with E-state index in [9.17, 15) is 4.79 Å². The molecule has 0 aromatic heterocycles. The van der Waals surface area contributed by atoms with Crippen molar-refractivity contribution in [1.82, 2.24) is 4.90 Å². The number of anilines is 1. The zero-order valence-electron chi connectivity index (χ0n) is 13.3. The van der Waals surface area contributed by atoms with Crippen LogP contribution in [-0.2, 0) is 11.3 Å². The molecule has 2 atom stereocenters. The third-order valence-corrected chi connectivity index (χ3v) is 3.77. The predicted molar refractivity (Wildman–Crippen MR) is 84.7 cm³/mol. The summed E-state index contributed by atoms with van der Waals surface area (Å²) in [7, 11) is 5.83. The lowest BCUT2D eigenvalue weighted by atomic mass is 9.99. The SMILES string of the molecule is CCC(C)C(N)C(=O)N(C)Cc1cccc(N(C)C)c1. The summed E-state index contributed by atoms with van der Waals surface area (Å²) >= 11 is 0. The Kier molecular flexibility index (Phi) is 6.02. The summed E-state index contributed by atoms with van der Waals surface area (Å²) in [4.78, 5) is 16.0. The van der Waals surface area contributed by atoms with Gasteiger partial charge in [-0.25, -0.2) is 0 Å². The molecule has 0 spiro atoms. The minimum atomic E-state index is -0.415. The Balaban J connectivity index is 2.72. The molecule has 1 aromatic rings. The van der Waals surface area contributed by atoms with Gasteiger partial charge in [-0.1, -0.05) is 32.4 Å². The highest BCUT2D eigenvalue weighted by Crippen LogP contribution is 2.15. The van der Waals surface area contributed by atoms with Crippen LogP contribution in [0.4, 0.5) is 5.69 Å². The molecule has 1 aromatic carbocycles. The maximum atomic E-state index is 12.3. The van der Waals surface area contributed by atoms with Crippen LogP contribution < -0.4 is 10.6 Å². The molecule has 112 valence electrons. The fourth-order valence-corrected chi connectivity index (χ4v) is 2.04. The average molecular weight is 277 g/mol. The molecule has 0 radical (unpaired) electrons. The molecule has 0 aliphatic rings. The van der Waals surface area contributed by atoms with Crippen molar-refractivity contribution in [2.75, 3.05) is 26.0 Å². The largest absolute Gasteiger partial charge is 0.378 e. The molecular formula is C16H27N3O. The number of nitrogens with two attached hydrogens (primary N) is 1. The topological polar surface area (TPSA) is 49.6 Å². The number of nitrogens with zero attached hydrogens (tertiary/aromatic N) is 2. The van der Waals surface area contributed by atoms with Gasteiger partial charge in [0.05, 0.1) is 6.04 Å². The number of amides is 1. The van der Waals surface area contributed by atoms with E-state index < -0.39 is 6.04 Å². The maximum absolute atomic E-state index is 12.3. The minimum Gasteiger partial charge on any atom is -0.378 e. The molecule has 2 N–H and O–H groups in total. The maximum Gasteiger partial charge on any atom is 0.239 e. The molecule has 0 heterocycles. The molecular weight excluding hydrogens is 250 g/mol. The molecule has 4 nitrogen and oxygen atoms in total. The van der Waals surface area contributed by atoms with Gasteiger partial charge in [-0.05, 0) is 23.6 Å². The molecule has 4 heteroatoms. The van der Waals surface area contributed by atoms with Gasteiger partial charge in [0.25, 0.3) is 0 Å². The molecule has 0 aliphatic carbocycles. The number of likely N-dealkylation sites (N-methyl/N-ethyl adjacent to an activating group) is 1. The standard InChI is InChI=1S/C16H27N3O/c1-6-12(2)15(17)16(20)19(5)11-13-8-7-9-14(10-13)18(3)4/h7-10,12,15H,6,11,17H2,1-5H3. The lowest BCUT2D eigenvalue weighted by Gasteiger charge is -2.25. The monoisotopic (exact) mass is 277 g/mol. The summed E-state index contributed by atoms with van der Waals surface area (Å²) in [6.45, 7) is 4.66. The summed E-state index contributed by atoms with van der Waals surface area (Å²) in [5.74, 6) is 0.215. The third kappa shape index (κ3) is 4.23. The second kappa shape index (κ2) is 7.29. The van der Waals surface area contributed by atoms with E-state index >= 15 is 0 Å². The van der Waals surface area contributed by atoms with E-state index in [1.165, 1.54) is 0 Å². The van der Waals surface area contributed by atoms with Gasteiger partial charge < -0.3 is 15.5 Å². The van der Waals surface area contributed by atoms with E-state index in [2.05, 4.69) is 24.0 Å². The summed E-state index contributed by atoms with van der Waals surface area (Å²) in [5.41, 5.74) is 8.25. The van der Waals surface area contributed by atoms with Crippen LogP contribution in [0.3, 0.4) is 0 Å². The van der Waals surface area contributed by atoms with Gasteiger partial charge >= 0.3 is 0 Å². The van der Waals surface area contributed by atoms with Crippen molar-refractivity contribution in [1.29, 1.82) is 0 Å². The van der Waals surface area contributed by atoms with Crippen LogP contribution in [0.25, 0.3) is 0 Å². The molecule has 0 aliphatic heterocycles. The second-order valence-electron chi connectivity index (χ2n) is 5.67. The Hall–Kier alpha value is -1.55. The predicted octanol–water partition coefficient (Wildman–Crippen LogP) is 2.08. The number of rotatable bonds is 6. The number of carbonyl (C=O) groups is 1. The second-order valence-corrected chi connectivity index (χ2v) is 5.67. The first-order valence-electron chi connectivity index (χ1n) is 7.13. The molecule has 1 amide bonds. The summed E-state index contributed by atoms with van der Waals surface area (Å²) < 4.78 is 0. The first kappa shape index (κ1) is 16.5. The third-order valence-electron chi connectivity index (χ3n) is 3.77. The van der Waals surface area contributed by atoms with Crippen LogP contribution in [-0.4, -0.2) is 38.0 Å². The van der Waals surface area contributed by atoms with Gasteiger partial charge in [0.2, 0.25) is 5.91 Å². The number of carbonyl (C=O) groups excluding carboxylic acids is 1. The van der Waals surface area contributed by atoms with Crippen LogP contribution in [0, 0.1) is 5.92 Å². The van der Waals surface area contributed by atoms with Crippen LogP contribution in [0.15, 0.2) is 24.3 Å².